The van der Waals surface area contributed by atoms with E-state index in [-0.39, 0.29) is 6.54 Å². The zero-order valence-corrected chi connectivity index (χ0v) is 14.1. The van der Waals surface area contributed by atoms with Crippen molar-refractivity contribution in [1.82, 2.24) is 14.0 Å². The van der Waals surface area contributed by atoms with Gasteiger partial charge in [-0.15, -0.1) is 0 Å². The van der Waals surface area contributed by atoms with Crippen molar-refractivity contribution in [3.63, 3.8) is 0 Å². The van der Waals surface area contributed by atoms with Crippen LogP contribution in [0.3, 0.4) is 0 Å². The normalized spacial score (nSPS) is 20.6. The van der Waals surface area contributed by atoms with Gasteiger partial charge in [-0.3, -0.25) is 0 Å². The van der Waals surface area contributed by atoms with E-state index in [1.807, 2.05) is 12.1 Å². The van der Waals surface area contributed by atoms with Gasteiger partial charge in [-0.05, 0) is 18.9 Å². The Bertz CT molecular complexity index is 611. The first-order valence-electron chi connectivity index (χ1n) is 8.18. The number of anilines is 1. The molecule has 3 rings (SSSR count). The number of piperidine rings is 1. The Kier molecular flexibility index (Phi) is 5.47. The zero-order valence-electron chi connectivity index (χ0n) is 13.3. The summed E-state index contributed by atoms with van der Waals surface area (Å²) in [5.74, 6) is 0.845. The third-order valence-corrected chi connectivity index (χ3v) is 5.83. The van der Waals surface area contributed by atoms with Crippen molar-refractivity contribution in [2.75, 3.05) is 44.3 Å². The molecule has 0 amide bonds. The van der Waals surface area contributed by atoms with Crippen LogP contribution in [0.2, 0.25) is 0 Å². The lowest BCUT2D eigenvalue weighted by Gasteiger charge is -2.30. The summed E-state index contributed by atoms with van der Waals surface area (Å²) in [6.07, 6.45) is 4.73. The highest BCUT2D eigenvalue weighted by atomic mass is 32.2. The summed E-state index contributed by atoms with van der Waals surface area (Å²) in [6, 6.07) is 3.77. The van der Waals surface area contributed by atoms with Gasteiger partial charge in [0.25, 0.3) is 10.2 Å². The molecule has 0 spiro atoms. The molecule has 3 heterocycles. The van der Waals surface area contributed by atoms with Gasteiger partial charge in [0.15, 0.2) is 0 Å². The Morgan fingerprint density at radius 2 is 1.87 bits per heavy atom. The first kappa shape index (κ1) is 16.6. The van der Waals surface area contributed by atoms with Crippen LogP contribution in [0.15, 0.2) is 18.3 Å². The molecule has 0 saturated carbocycles. The predicted octanol–water partition coefficient (Wildman–Crippen LogP) is 0.738. The highest BCUT2D eigenvalue weighted by molar-refractivity contribution is 7.87. The molecule has 2 aliphatic heterocycles. The van der Waals surface area contributed by atoms with E-state index in [2.05, 4.69) is 14.6 Å². The molecule has 8 heteroatoms. The molecule has 1 N–H and O–H groups in total. The lowest BCUT2D eigenvalue weighted by molar-refractivity contribution is 0.122. The molecule has 0 bridgehead atoms. The van der Waals surface area contributed by atoms with Gasteiger partial charge in [-0.2, -0.15) is 17.4 Å². The lowest BCUT2D eigenvalue weighted by atomic mass is 10.2. The summed E-state index contributed by atoms with van der Waals surface area (Å²) in [6.45, 7) is 4.40. The topological polar surface area (TPSA) is 74.8 Å². The maximum Gasteiger partial charge on any atom is 0.279 e. The summed E-state index contributed by atoms with van der Waals surface area (Å²) in [7, 11) is -3.42. The van der Waals surface area contributed by atoms with Crippen LogP contribution in [0.5, 0.6) is 0 Å². The largest absolute Gasteiger partial charge is 0.378 e. The molecule has 2 saturated heterocycles. The minimum absolute atomic E-state index is 0.263. The molecule has 1 aromatic rings. The minimum atomic E-state index is -3.42. The third kappa shape index (κ3) is 4.20. The van der Waals surface area contributed by atoms with E-state index in [1.165, 1.54) is 0 Å². The van der Waals surface area contributed by atoms with Crippen LogP contribution in [0, 0.1) is 0 Å². The van der Waals surface area contributed by atoms with E-state index < -0.39 is 10.2 Å². The molecule has 2 fully saturated rings. The number of hydrogen-bond acceptors (Lipinski definition) is 5. The van der Waals surface area contributed by atoms with Crippen LogP contribution in [0.1, 0.15) is 24.8 Å². The fraction of sp³-hybridized carbons (Fsp3) is 0.667. The molecule has 1 aromatic heterocycles. The van der Waals surface area contributed by atoms with Crippen molar-refractivity contribution in [2.24, 2.45) is 0 Å². The van der Waals surface area contributed by atoms with Crippen LogP contribution < -0.4 is 9.62 Å². The Labute approximate surface area is 137 Å². The lowest BCUT2D eigenvalue weighted by Crippen LogP contribution is -2.43. The van der Waals surface area contributed by atoms with Crippen LogP contribution in [0.25, 0.3) is 0 Å². The molecule has 0 unspecified atom stereocenters. The van der Waals surface area contributed by atoms with Gasteiger partial charge < -0.3 is 9.64 Å². The summed E-state index contributed by atoms with van der Waals surface area (Å²) < 4.78 is 34.4. The highest BCUT2D eigenvalue weighted by Crippen LogP contribution is 2.19. The standard InChI is InChI=1S/C15H24N4O3S/c20-23(21,19-7-2-1-3-8-19)17-13-14-5-4-6-16-15(14)18-9-11-22-12-10-18/h4-6,17H,1-3,7-13H2. The molecular formula is C15H24N4O3S. The Hall–Kier alpha value is -1.22. The van der Waals surface area contributed by atoms with Crippen molar-refractivity contribution in [3.8, 4) is 0 Å². The molecule has 2 aliphatic rings. The molecule has 0 aliphatic carbocycles. The molecular weight excluding hydrogens is 316 g/mol. The van der Waals surface area contributed by atoms with Gasteiger partial charge in [-0.1, -0.05) is 12.5 Å². The van der Waals surface area contributed by atoms with Crippen molar-refractivity contribution < 1.29 is 13.2 Å². The van der Waals surface area contributed by atoms with E-state index in [0.29, 0.717) is 26.3 Å². The van der Waals surface area contributed by atoms with E-state index in [0.717, 1.165) is 43.7 Å². The first-order valence-corrected chi connectivity index (χ1v) is 9.62. The quantitative estimate of drug-likeness (QED) is 0.856. The summed E-state index contributed by atoms with van der Waals surface area (Å²) >= 11 is 0. The third-order valence-electron chi connectivity index (χ3n) is 4.28. The second kappa shape index (κ2) is 7.57. The number of pyridine rings is 1. The molecule has 128 valence electrons. The van der Waals surface area contributed by atoms with E-state index in [9.17, 15) is 8.42 Å². The highest BCUT2D eigenvalue weighted by Gasteiger charge is 2.24. The monoisotopic (exact) mass is 340 g/mol. The maximum absolute atomic E-state index is 12.4. The van der Waals surface area contributed by atoms with Crippen molar-refractivity contribution in [1.29, 1.82) is 0 Å². The Morgan fingerprint density at radius 1 is 1.13 bits per heavy atom. The second-order valence-corrected chi connectivity index (χ2v) is 7.63. The fourth-order valence-electron chi connectivity index (χ4n) is 2.99. The molecule has 0 radical (unpaired) electrons. The predicted molar refractivity (Wildman–Crippen MR) is 88.5 cm³/mol. The number of aromatic nitrogens is 1. The van der Waals surface area contributed by atoms with Gasteiger partial charge in [0.2, 0.25) is 0 Å². The first-order chi connectivity index (χ1) is 11.2. The summed E-state index contributed by atoms with van der Waals surface area (Å²) in [5, 5.41) is 0. The molecule has 0 aromatic carbocycles. The van der Waals surface area contributed by atoms with Crippen molar-refractivity contribution >= 4 is 16.0 Å². The Morgan fingerprint density at radius 3 is 2.61 bits per heavy atom. The number of ether oxygens (including phenoxy) is 1. The number of nitrogens with zero attached hydrogens (tertiary/aromatic N) is 3. The van der Waals surface area contributed by atoms with Crippen molar-refractivity contribution in [2.45, 2.75) is 25.8 Å². The van der Waals surface area contributed by atoms with E-state index >= 15 is 0 Å². The SMILES string of the molecule is O=S(=O)(NCc1cccnc1N1CCOCC1)N1CCCCC1. The second-order valence-electron chi connectivity index (χ2n) is 5.87. The summed E-state index contributed by atoms with van der Waals surface area (Å²) in [4.78, 5) is 6.58. The van der Waals surface area contributed by atoms with Gasteiger partial charge in [0.05, 0.1) is 13.2 Å². The fourth-order valence-corrected chi connectivity index (χ4v) is 4.25. The van der Waals surface area contributed by atoms with Crippen LogP contribution >= 0.6 is 0 Å². The average molecular weight is 340 g/mol. The minimum Gasteiger partial charge on any atom is -0.378 e. The molecule has 23 heavy (non-hydrogen) atoms. The number of rotatable bonds is 5. The molecule has 7 nitrogen and oxygen atoms in total. The van der Waals surface area contributed by atoms with Gasteiger partial charge in [0.1, 0.15) is 5.82 Å². The van der Waals surface area contributed by atoms with Crippen LogP contribution in [-0.2, 0) is 21.5 Å². The smallest absolute Gasteiger partial charge is 0.279 e. The summed E-state index contributed by atoms with van der Waals surface area (Å²) in [5.41, 5.74) is 0.898. The molecule has 0 atom stereocenters. The average Bonchev–Trinajstić information content (AvgIpc) is 2.62. The van der Waals surface area contributed by atoms with E-state index in [1.54, 1.807) is 10.5 Å². The van der Waals surface area contributed by atoms with Crippen molar-refractivity contribution in [3.05, 3.63) is 23.9 Å². The van der Waals surface area contributed by atoms with Gasteiger partial charge in [0, 0.05) is 44.5 Å². The van der Waals surface area contributed by atoms with E-state index in [4.69, 9.17) is 4.74 Å². The van der Waals surface area contributed by atoms with Gasteiger partial charge in [-0.25, -0.2) is 4.98 Å². The number of hydrogen-bond donors (Lipinski definition) is 1. The Balaban J connectivity index is 1.68. The zero-order chi connectivity index (χ0) is 16.1. The number of morpholine rings is 1. The number of nitrogens with one attached hydrogen (secondary N) is 1. The van der Waals surface area contributed by atoms with Gasteiger partial charge >= 0.3 is 0 Å². The van der Waals surface area contributed by atoms with Crippen LogP contribution in [-0.4, -0.2) is 57.1 Å². The van der Waals surface area contributed by atoms with Crippen LogP contribution in [0.4, 0.5) is 5.82 Å². The maximum atomic E-state index is 12.4.